The summed E-state index contributed by atoms with van der Waals surface area (Å²) in [4.78, 5) is 29.6. The molecule has 0 aliphatic heterocycles. The third kappa shape index (κ3) is 5.90. The smallest absolute Gasteiger partial charge is 0.330 e. The van der Waals surface area contributed by atoms with Gasteiger partial charge in [0.05, 0.1) is 23.3 Å². The molecule has 0 aliphatic carbocycles. The number of para-hydroxylation sites is 1. The minimum atomic E-state index is -0.476. The van der Waals surface area contributed by atoms with Gasteiger partial charge in [-0.15, -0.1) is 5.10 Å². The highest BCUT2D eigenvalue weighted by Crippen LogP contribution is 2.30. The second-order valence-electron chi connectivity index (χ2n) is 9.77. The fourth-order valence-electron chi connectivity index (χ4n) is 4.61. The van der Waals surface area contributed by atoms with E-state index in [1.807, 2.05) is 92.4 Å². The zero-order chi connectivity index (χ0) is 27.2. The van der Waals surface area contributed by atoms with Gasteiger partial charge in [0.1, 0.15) is 0 Å². The number of rotatable bonds is 10. The van der Waals surface area contributed by atoms with Crippen molar-refractivity contribution in [2.24, 2.45) is 11.7 Å². The van der Waals surface area contributed by atoms with Crippen LogP contribution in [0.25, 0.3) is 5.69 Å². The lowest BCUT2D eigenvalue weighted by molar-refractivity contribution is 0.0603. The largest absolute Gasteiger partial charge is 0.351 e. The number of hydrogen-bond donors (Lipinski definition) is 1. The van der Waals surface area contributed by atoms with Crippen LogP contribution in [0, 0.1) is 12.8 Å². The maximum Gasteiger partial charge on any atom is 0.351 e. The van der Waals surface area contributed by atoms with Gasteiger partial charge in [0.25, 0.3) is 5.91 Å². The molecular weight excluding hydrogens is 498 g/mol. The number of hydrogen-bond acceptors (Lipinski definition) is 4. The molecule has 2 N–H and O–H groups in total. The topological polar surface area (TPSA) is 86.2 Å². The number of amides is 1. The van der Waals surface area contributed by atoms with Gasteiger partial charge in [-0.05, 0) is 55.6 Å². The highest BCUT2D eigenvalue weighted by Gasteiger charge is 2.34. The van der Waals surface area contributed by atoms with Crippen LogP contribution < -0.4 is 11.4 Å². The number of nitrogens with zero attached hydrogens (tertiary/aromatic N) is 4. The minimum Gasteiger partial charge on any atom is -0.330 e. The minimum absolute atomic E-state index is 0.0433. The molecule has 4 aromatic rings. The van der Waals surface area contributed by atoms with Crippen molar-refractivity contribution < 1.29 is 4.79 Å². The van der Waals surface area contributed by atoms with Crippen LogP contribution in [0.1, 0.15) is 53.6 Å². The number of aryl methyl sites for hydroxylation is 1. The molecule has 4 rings (SSSR count). The highest BCUT2D eigenvalue weighted by molar-refractivity contribution is 6.32. The Labute approximate surface area is 228 Å². The van der Waals surface area contributed by atoms with Crippen LogP contribution in [0.3, 0.4) is 0 Å². The Balaban J connectivity index is 1.89. The summed E-state index contributed by atoms with van der Waals surface area (Å²) in [6, 6.07) is 23.9. The van der Waals surface area contributed by atoms with Gasteiger partial charge in [-0.3, -0.25) is 9.36 Å². The zero-order valence-electron chi connectivity index (χ0n) is 22.0. The lowest BCUT2D eigenvalue weighted by Crippen LogP contribution is -2.40. The Kier molecular flexibility index (Phi) is 8.81. The summed E-state index contributed by atoms with van der Waals surface area (Å²) >= 11 is 6.48. The van der Waals surface area contributed by atoms with Gasteiger partial charge in [0.15, 0.2) is 5.82 Å². The van der Waals surface area contributed by atoms with Gasteiger partial charge in [-0.25, -0.2) is 4.79 Å². The number of benzene rings is 3. The predicted molar refractivity (Wildman–Crippen MR) is 152 cm³/mol. The van der Waals surface area contributed by atoms with Crippen molar-refractivity contribution in [3.8, 4) is 5.69 Å². The van der Waals surface area contributed by atoms with E-state index in [1.54, 1.807) is 16.7 Å². The molecule has 8 heteroatoms. The van der Waals surface area contributed by atoms with Crippen molar-refractivity contribution in [3.63, 3.8) is 0 Å². The van der Waals surface area contributed by atoms with E-state index >= 15 is 0 Å². The predicted octanol–water partition coefficient (Wildman–Crippen LogP) is 5.23. The monoisotopic (exact) mass is 531 g/mol. The number of halogens is 1. The Morgan fingerprint density at radius 3 is 2.29 bits per heavy atom. The fraction of sp³-hybridized carbons (Fsp3) is 0.300. The molecular formula is C30H34ClN5O2. The van der Waals surface area contributed by atoms with E-state index in [9.17, 15) is 9.59 Å². The summed E-state index contributed by atoms with van der Waals surface area (Å²) in [6.45, 7) is 7.24. The summed E-state index contributed by atoms with van der Waals surface area (Å²) in [7, 11) is 0. The molecule has 38 heavy (non-hydrogen) atoms. The van der Waals surface area contributed by atoms with Crippen LogP contribution in [-0.4, -0.2) is 38.2 Å². The molecule has 0 bridgehead atoms. The lowest BCUT2D eigenvalue weighted by atomic mass is 9.99. The molecule has 1 atom stereocenters. The quantitative estimate of drug-likeness (QED) is 0.303. The van der Waals surface area contributed by atoms with Crippen molar-refractivity contribution >= 4 is 17.5 Å². The second-order valence-corrected chi connectivity index (χ2v) is 10.2. The summed E-state index contributed by atoms with van der Waals surface area (Å²) in [5.74, 6) is 0.340. The van der Waals surface area contributed by atoms with E-state index < -0.39 is 6.04 Å². The summed E-state index contributed by atoms with van der Waals surface area (Å²) < 4.78 is 2.99. The van der Waals surface area contributed by atoms with Crippen LogP contribution in [-0.2, 0) is 6.54 Å². The lowest BCUT2D eigenvalue weighted by Gasteiger charge is -2.34. The first-order valence-corrected chi connectivity index (χ1v) is 13.3. The molecule has 1 aromatic heterocycles. The van der Waals surface area contributed by atoms with Crippen molar-refractivity contribution in [1.29, 1.82) is 0 Å². The van der Waals surface area contributed by atoms with Gasteiger partial charge in [0.2, 0.25) is 0 Å². The normalized spacial score (nSPS) is 12.1. The van der Waals surface area contributed by atoms with E-state index in [0.29, 0.717) is 48.2 Å². The van der Waals surface area contributed by atoms with Gasteiger partial charge in [0, 0.05) is 12.1 Å². The summed E-state index contributed by atoms with van der Waals surface area (Å²) in [5, 5.41) is 5.25. The molecule has 0 spiro atoms. The van der Waals surface area contributed by atoms with E-state index in [4.69, 9.17) is 22.4 Å². The molecule has 3 aromatic carbocycles. The Bertz CT molecular complexity index is 1430. The SMILES string of the molecule is Cc1ccc(C(=O)N(CCCN)C(c2nn(-c3ccccc3Cl)c(=O)n2Cc2ccccc2)C(C)C)cc1. The molecule has 0 saturated heterocycles. The van der Waals surface area contributed by atoms with Gasteiger partial charge in [-0.2, -0.15) is 4.68 Å². The van der Waals surface area contributed by atoms with Gasteiger partial charge >= 0.3 is 5.69 Å². The van der Waals surface area contributed by atoms with Crippen molar-refractivity contribution in [2.75, 3.05) is 13.1 Å². The molecule has 1 heterocycles. The molecule has 198 valence electrons. The number of carbonyl (C=O) groups is 1. The first-order valence-electron chi connectivity index (χ1n) is 12.9. The van der Waals surface area contributed by atoms with Crippen molar-refractivity contribution in [1.82, 2.24) is 19.2 Å². The highest BCUT2D eigenvalue weighted by atomic mass is 35.5. The van der Waals surface area contributed by atoms with Gasteiger partial charge < -0.3 is 10.6 Å². The first-order chi connectivity index (χ1) is 18.3. The van der Waals surface area contributed by atoms with E-state index in [-0.39, 0.29) is 17.5 Å². The van der Waals surface area contributed by atoms with Crippen LogP contribution >= 0.6 is 11.6 Å². The maximum absolute atomic E-state index is 13.9. The molecule has 7 nitrogen and oxygen atoms in total. The average molecular weight is 532 g/mol. The Morgan fingerprint density at radius 1 is 1.00 bits per heavy atom. The molecule has 0 saturated carbocycles. The summed E-state index contributed by atoms with van der Waals surface area (Å²) in [5.41, 5.74) is 8.67. The van der Waals surface area contributed by atoms with Crippen molar-refractivity contribution in [3.05, 3.63) is 117 Å². The molecule has 0 radical (unpaired) electrons. The van der Waals surface area contributed by atoms with E-state index in [0.717, 1.165) is 11.1 Å². The van der Waals surface area contributed by atoms with E-state index in [2.05, 4.69) is 0 Å². The third-order valence-corrected chi connectivity index (χ3v) is 6.87. The zero-order valence-corrected chi connectivity index (χ0v) is 22.8. The van der Waals surface area contributed by atoms with Crippen LogP contribution in [0.15, 0.2) is 83.7 Å². The van der Waals surface area contributed by atoms with Crippen LogP contribution in [0.2, 0.25) is 5.02 Å². The third-order valence-electron chi connectivity index (χ3n) is 6.55. The Hall–Kier alpha value is -3.68. The maximum atomic E-state index is 13.9. The standard InChI is InChI=1S/C30H34ClN5O2/c1-21(2)27(34(19-9-18-32)29(37)24-16-14-22(3)15-17-24)28-33-36(26-13-8-7-12-25(26)31)30(38)35(28)20-23-10-5-4-6-11-23/h4-8,10-17,21,27H,9,18-20,32H2,1-3H3. The molecule has 1 unspecified atom stereocenters. The number of aromatic nitrogens is 3. The van der Waals surface area contributed by atoms with Crippen LogP contribution in [0.4, 0.5) is 0 Å². The van der Waals surface area contributed by atoms with Crippen molar-refractivity contribution in [2.45, 2.75) is 39.8 Å². The molecule has 1 amide bonds. The first kappa shape index (κ1) is 27.4. The average Bonchev–Trinajstić information content (AvgIpc) is 3.22. The van der Waals surface area contributed by atoms with Gasteiger partial charge in [-0.1, -0.05) is 85.6 Å². The Morgan fingerprint density at radius 2 is 1.66 bits per heavy atom. The molecule has 0 fully saturated rings. The van der Waals surface area contributed by atoms with Crippen LogP contribution in [0.5, 0.6) is 0 Å². The molecule has 0 aliphatic rings. The fourth-order valence-corrected chi connectivity index (χ4v) is 4.83. The second kappa shape index (κ2) is 12.2. The number of carbonyl (C=O) groups excluding carboxylic acids is 1. The van der Waals surface area contributed by atoms with E-state index in [1.165, 1.54) is 4.68 Å². The number of nitrogens with two attached hydrogens (primary N) is 1. The summed E-state index contributed by atoms with van der Waals surface area (Å²) in [6.07, 6.45) is 0.620.